The van der Waals surface area contributed by atoms with E-state index in [4.69, 9.17) is 0 Å². The lowest BCUT2D eigenvalue weighted by Gasteiger charge is -2.28. The van der Waals surface area contributed by atoms with Crippen molar-refractivity contribution >= 4 is 28.1 Å². The molecule has 0 aliphatic heterocycles. The Balaban J connectivity index is 2.04. The van der Waals surface area contributed by atoms with Gasteiger partial charge >= 0.3 is 0 Å². The average Bonchev–Trinajstić information content (AvgIpc) is 3.13. The van der Waals surface area contributed by atoms with Crippen molar-refractivity contribution in [2.75, 3.05) is 4.90 Å². The smallest absolute Gasteiger partial charge is 0.165 e. The summed E-state index contributed by atoms with van der Waals surface area (Å²) in [6, 6.07) is 7.42. The summed E-state index contributed by atoms with van der Waals surface area (Å²) in [6.07, 6.45) is 9.93. The molecule has 0 saturated carbocycles. The SMILES string of the molecule is CC(C)c1cnccc1N(c1ccncc1F)c1ccnc2[nH]ccc12. The van der Waals surface area contributed by atoms with Gasteiger partial charge in [-0.2, -0.15) is 0 Å². The van der Waals surface area contributed by atoms with Crippen molar-refractivity contribution in [1.29, 1.82) is 0 Å². The highest BCUT2D eigenvalue weighted by Gasteiger charge is 2.22. The van der Waals surface area contributed by atoms with E-state index >= 15 is 0 Å². The fourth-order valence-corrected chi connectivity index (χ4v) is 3.13. The lowest BCUT2D eigenvalue weighted by Crippen LogP contribution is -2.15. The van der Waals surface area contributed by atoms with Crippen molar-refractivity contribution in [3.05, 3.63) is 72.8 Å². The Morgan fingerprint density at radius 3 is 2.42 bits per heavy atom. The maximum absolute atomic E-state index is 14.7. The van der Waals surface area contributed by atoms with Crippen LogP contribution >= 0.6 is 0 Å². The first-order valence-corrected chi connectivity index (χ1v) is 8.42. The topological polar surface area (TPSA) is 57.7 Å². The zero-order valence-electron chi connectivity index (χ0n) is 14.5. The fourth-order valence-electron chi connectivity index (χ4n) is 3.13. The largest absolute Gasteiger partial charge is 0.346 e. The molecule has 1 N–H and O–H groups in total. The third-order valence-corrected chi connectivity index (χ3v) is 4.36. The molecule has 0 spiro atoms. The molecule has 130 valence electrons. The summed E-state index contributed by atoms with van der Waals surface area (Å²) < 4.78 is 14.7. The van der Waals surface area contributed by atoms with Crippen molar-refractivity contribution < 1.29 is 4.39 Å². The Hall–Kier alpha value is -3.28. The number of pyridine rings is 3. The zero-order chi connectivity index (χ0) is 18.1. The Morgan fingerprint density at radius 1 is 0.923 bits per heavy atom. The maximum Gasteiger partial charge on any atom is 0.165 e. The number of nitrogens with zero attached hydrogens (tertiary/aromatic N) is 4. The Morgan fingerprint density at radius 2 is 1.65 bits per heavy atom. The minimum absolute atomic E-state index is 0.231. The number of fused-ring (bicyclic) bond motifs is 1. The second kappa shape index (κ2) is 6.55. The van der Waals surface area contributed by atoms with Crippen molar-refractivity contribution in [2.45, 2.75) is 19.8 Å². The molecule has 4 heterocycles. The molecule has 0 atom stereocenters. The molecule has 0 aliphatic carbocycles. The fraction of sp³-hybridized carbons (Fsp3) is 0.150. The second-order valence-electron chi connectivity index (χ2n) is 6.32. The molecule has 4 rings (SSSR count). The van der Waals surface area contributed by atoms with Gasteiger partial charge in [0.1, 0.15) is 5.65 Å². The van der Waals surface area contributed by atoms with Gasteiger partial charge in [-0.1, -0.05) is 13.8 Å². The Labute approximate surface area is 150 Å². The van der Waals surface area contributed by atoms with Crippen molar-refractivity contribution in [3.63, 3.8) is 0 Å². The molecule has 4 aromatic rings. The van der Waals surface area contributed by atoms with Gasteiger partial charge in [0.2, 0.25) is 0 Å². The van der Waals surface area contributed by atoms with Crippen LogP contribution < -0.4 is 4.90 Å². The van der Waals surface area contributed by atoms with Gasteiger partial charge in [0.05, 0.1) is 23.3 Å². The van der Waals surface area contributed by atoms with Crippen LogP contribution in [0.25, 0.3) is 11.0 Å². The molecule has 0 bridgehead atoms. The molecule has 0 unspecified atom stereocenters. The van der Waals surface area contributed by atoms with Gasteiger partial charge in [-0.05, 0) is 35.7 Å². The number of rotatable bonds is 4. The average molecular weight is 347 g/mol. The molecular weight excluding hydrogens is 329 g/mol. The van der Waals surface area contributed by atoms with Gasteiger partial charge in [-0.25, -0.2) is 9.37 Å². The molecule has 0 amide bonds. The lowest BCUT2D eigenvalue weighted by molar-refractivity contribution is 0.622. The summed E-state index contributed by atoms with van der Waals surface area (Å²) in [7, 11) is 0. The summed E-state index contributed by atoms with van der Waals surface area (Å²) in [5, 5.41) is 0.912. The molecule has 0 radical (unpaired) electrons. The number of hydrogen-bond acceptors (Lipinski definition) is 4. The van der Waals surface area contributed by atoms with E-state index < -0.39 is 0 Å². The van der Waals surface area contributed by atoms with Gasteiger partial charge in [-0.3, -0.25) is 9.97 Å². The van der Waals surface area contributed by atoms with Crippen LogP contribution in [0.1, 0.15) is 25.3 Å². The first-order chi connectivity index (χ1) is 12.7. The van der Waals surface area contributed by atoms with Crippen LogP contribution in [-0.4, -0.2) is 19.9 Å². The van der Waals surface area contributed by atoms with Crippen LogP contribution in [0.4, 0.5) is 21.5 Å². The minimum Gasteiger partial charge on any atom is -0.346 e. The summed E-state index contributed by atoms with van der Waals surface area (Å²) in [6.45, 7) is 4.19. The maximum atomic E-state index is 14.7. The summed E-state index contributed by atoms with van der Waals surface area (Å²) >= 11 is 0. The summed E-state index contributed by atoms with van der Waals surface area (Å²) in [4.78, 5) is 17.5. The standard InChI is InChI=1S/C20H18FN5/c1-13(2)15-11-22-7-4-18(15)26(19-5-8-23-12-16(19)21)17-6-10-25-20-14(17)3-9-24-20/h3-13H,1-2H3,(H,24,25). The lowest BCUT2D eigenvalue weighted by atomic mass is 10.0. The number of nitrogens with one attached hydrogen (secondary N) is 1. The first kappa shape index (κ1) is 16.2. The minimum atomic E-state index is -0.389. The molecular formula is C20H18FN5. The quantitative estimate of drug-likeness (QED) is 0.559. The molecule has 5 nitrogen and oxygen atoms in total. The first-order valence-electron chi connectivity index (χ1n) is 8.42. The van der Waals surface area contributed by atoms with Crippen molar-refractivity contribution in [1.82, 2.24) is 19.9 Å². The highest BCUT2D eigenvalue weighted by molar-refractivity contribution is 5.96. The van der Waals surface area contributed by atoms with Gasteiger partial charge < -0.3 is 9.88 Å². The monoisotopic (exact) mass is 347 g/mol. The normalized spacial score (nSPS) is 11.2. The van der Waals surface area contributed by atoms with Crippen LogP contribution in [0.3, 0.4) is 0 Å². The summed E-state index contributed by atoms with van der Waals surface area (Å²) in [5.41, 5.74) is 3.94. The molecule has 0 aliphatic rings. The highest BCUT2D eigenvalue weighted by atomic mass is 19.1. The van der Waals surface area contributed by atoms with E-state index in [0.717, 1.165) is 28.0 Å². The van der Waals surface area contributed by atoms with Gasteiger partial charge in [-0.15, -0.1) is 0 Å². The number of aromatic nitrogens is 4. The third-order valence-electron chi connectivity index (χ3n) is 4.36. The van der Waals surface area contributed by atoms with Crippen LogP contribution in [0.5, 0.6) is 0 Å². The van der Waals surface area contributed by atoms with E-state index in [1.54, 1.807) is 24.7 Å². The molecule has 6 heteroatoms. The van der Waals surface area contributed by atoms with E-state index in [1.165, 1.54) is 6.20 Å². The predicted octanol–water partition coefficient (Wildman–Crippen LogP) is 5.09. The number of H-pyrrole nitrogens is 1. The van der Waals surface area contributed by atoms with Crippen LogP contribution in [0.15, 0.2) is 61.4 Å². The Bertz CT molecular complexity index is 1060. The van der Waals surface area contributed by atoms with Gasteiger partial charge in [0, 0.05) is 36.4 Å². The zero-order valence-corrected chi connectivity index (χ0v) is 14.5. The number of hydrogen-bond donors (Lipinski definition) is 1. The van der Waals surface area contributed by atoms with Crippen LogP contribution in [0.2, 0.25) is 0 Å². The number of anilines is 3. The van der Waals surface area contributed by atoms with E-state index in [-0.39, 0.29) is 11.7 Å². The highest BCUT2D eigenvalue weighted by Crippen LogP contribution is 2.41. The van der Waals surface area contributed by atoms with Crippen LogP contribution in [0, 0.1) is 5.82 Å². The summed E-state index contributed by atoms with van der Waals surface area (Å²) in [5.74, 6) is -0.158. The van der Waals surface area contributed by atoms with Gasteiger partial charge in [0.15, 0.2) is 5.82 Å². The van der Waals surface area contributed by atoms with Crippen molar-refractivity contribution in [2.24, 2.45) is 0 Å². The number of halogens is 1. The van der Waals surface area contributed by atoms with Gasteiger partial charge in [0.25, 0.3) is 0 Å². The molecule has 0 aromatic carbocycles. The molecule has 4 aromatic heterocycles. The van der Waals surface area contributed by atoms with Crippen molar-refractivity contribution in [3.8, 4) is 0 Å². The van der Waals surface area contributed by atoms with E-state index in [9.17, 15) is 4.39 Å². The Kier molecular flexibility index (Phi) is 4.08. The van der Waals surface area contributed by atoms with E-state index in [1.807, 2.05) is 35.5 Å². The number of aromatic amines is 1. The second-order valence-corrected chi connectivity index (χ2v) is 6.32. The molecule has 0 saturated heterocycles. The predicted molar refractivity (Wildman–Crippen MR) is 100 cm³/mol. The third kappa shape index (κ3) is 2.69. The van der Waals surface area contributed by atoms with E-state index in [2.05, 4.69) is 33.8 Å². The van der Waals surface area contributed by atoms with E-state index in [0.29, 0.717) is 5.69 Å². The van der Waals surface area contributed by atoms with Crippen LogP contribution in [-0.2, 0) is 0 Å². The molecule has 26 heavy (non-hydrogen) atoms. The molecule has 0 fully saturated rings.